The third-order valence-electron chi connectivity index (χ3n) is 4.17. The van der Waals surface area contributed by atoms with Crippen LogP contribution >= 0.6 is 11.6 Å². The minimum absolute atomic E-state index is 0.331. The van der Waals surface area contributed by atoms with Crippen LogP contribution in [0.2, 0.25) is 0 Å². The van der Waals surface area contributed by atoms with Crippen molar-refractivity contribution in [1.29, 1.82) is 0 Å². The summed E-state index contributed by atoms with van der Waals surface area (Å²) in [6.45, 7) is 14.3. The first kappa shape index (κ1) is 22.0. The van der Waals surface area contributed by atoms with E-state index in [4.69, 9.17) is 16.3 Å². The number of hydrogen-bond donors (Lipinski definition) is 1. The molecule has 0 aromatic heterocycles. The molecule has 1 fully saturated rings. The van der Waals surface area contributed by atoms with Crippen LogP contribution in [0.4, 0.5) is 0 Å². The van der Waals surface area contributed by atoms with Crippen molar-refractivity contribution >= 4 is 17.8 Å². The van der Waals surface area contributed by atoms with Crippen molar-refractivity contribution in [2.45, 2.75) is 52.5 Å². The zero-order valence-corrected chi connectivity index (χ0v) is 17.0. The highest BCUT2D eigenvalue weighted by Crippen LogP contribution is 2.20. The van der Waals surface area contributed by atoms with Crippen LogP contribution < -0.4 is 5.32 Å². The van der Waals surface area contributed by atoms with Gasteiger partial charge in [-0.25, -0.2) is 0 Å². The zero-order valence-electron chi connectivity index (χ0n) is 16.2. The molecule has 1 saturated carbocycles. The molecular weight excluding hydrogens is 344 g/mol. The lowest BCUT2D eigenvalue weighted by molar-refractivity contribution is 0.253. The summed E-state index contributed by atoms with van der Waals surface area (Å²) in [7, 11) is 0. The van der Waals surface area contributed by atoms with E-state index in [1.54, 1.807) is 12.4 Å². The van der Waals surface area contributed by atoms with Gasteiger partial charge in [0.1, 0.15) is 12.4 Å². The van der Waals surface area contributed by atoms with Crippen molar-refractivity contribution < 1.29 is 4.74 Å². The number of allylic oxidation sites excluding steroid dienone is 5. The summed E-state index contributed by atoms with van der Waals surface area (Å²) >= 11 is 5.83. The smallest absolute Gasteiger partial charge is 0.133 e. The van der Waals surface area contributed by atoms with Crippen molar-refractivity contribution in [2.24, 2.45) is 4.99 Å². The van der Waals surface area contributed by atoms with E-state index in [1.807, 2.05) is 39.0 Å². The fourth-order valence-electron chi connectivity index (χ4n) is 2.52. The summed E-state index contributed by atoms with van der Waals surface area (Å²) in [4.78, 5) is 4.32. The molecule has 3 nitrogen and oxygen atoms in total. The van der Waals surface area contributed by atoms with Crippen molar-refractivity contribution in [2.75, 3.05) is 6.61 Å². The Morgan fingerprint density at radius 2 is 1.92 bits per heavy atom. The number of halogens is 1. The van der Waals surface area contributed by atoms with Gasteiger partial charge in [0.25, 0.3) is 0 Å². The summed E-state index contributed by atoms with van der Waals surface area (Å²) in [6.07, 6.45) is 14.4. The van der Waals surface area contributed by atoms with Gasteiger partial charge in [0, 0.05) is 35.3 Å². The van der Waals surface area contributed by atoms with Gasteiger partial charge >= 0.3 is 0 Å². The predicted molar refractivity (Wildman–Crippen MR) is 114 cm³/mol. The van der Waals surface area contributed by atoms with E-state index in [0.29, 0.717) is 18.4 Å². The second-order valence-corrected chi connectivity index (χ2v) is 6.71. The highest BCUT2D eigenvalue weighted by molar-refractivity contribution is 6.25. The van der Waals surface area contributed by atoms with Gasteiger partial charge in [-0.05, 0) is 44.8 Å². The maximum absolute atomic E-state index is 5.83. The van der Waals surface area contributed by atoms with E-state index in [9.17, 15) is 0 Å². The quantitative estimate of drug-likeness (QED) is 0.281. The van der Waals surface area contributed by atoms with Crippen LogP contribution in [0.25, 0.3) is 0 Å². The van der Waals surface area contributed by atoms with Crippen LogP contribution in [-0.2, 0) is 4.74 Å². The lowest BCUT2D eigenvalue weighted by Gasteiger charge is -2.15. The SMILES string of the molecule is C=C(C=N/C=C(\C)C(=C)NC1CCCC1)COC(=C\Cl)/C(C)=C\C=C/C. The Bertz CT molecular complexity index is 633. The van der Waals surface area contributed by atoms with Gasteiger partial charge in [-0.3, -0.25) is 4.99 Å². The van der Waals surface area contributed by atoms with Crippen molar-refractivity contribution in [3.05, 3.63) is 71.3 Å². The van der Waals surface area contributed by atoms with Gasteiger partial charge in [-0.15, -0.1) is 0 Å². The average Bonchev–Trinajstić information content (AvgIpc) is 3.13. The summed E-state index contributed by atoms with van der Waals surface area (Å²) in [5.41, 5.74) is 5.11. The molecule has 0 saturated heterocycles. The highest BCUT2D eigenvalue weighted by atomic mass is 35.5. The Balaban J connectivity index is 2.46. The van der Waals surface area contributed by atoms with Crippen LogP contribution in [-0.4, -0.2) is 18.9 Å². The van der Waals surface area contributed by atoms with Crippen LogP contribution in [0.15, 0.2) is 76.3 Å². The number of nitrogens with one attached hydrogen (secondary N) is 1. The molecule has 1 rings (SSSR count). The fourth-order valence-corrected chi connectivity index (χ4v) is 2.76. The predicted octanol–water partition coefficient (Wildman–Crippen LogP) is 6.18. The van der Waals surface area contributed by atoms with Gasteiger partial charge in [-0.1, -0.05) is 55.8 Å². The molecule has 0 spiro atoms. The number of hydrogen-bond acceptors (Lipinski definition) is 3. The van der Waals surface area contributed by atoms with Crippen LogP contribution in [0.3, 0.4) is 0 Å². The third kappa shape index (κ3) is 8.39. The maximum Gasteiger partial charge on any atom is 0.133 e. The molecule has 0 aromatic rings. The Kier molecular flexibility index (Phi) is 10.5. The molecule has 142 valence electrons. The van der Waals surface area contributed by atoms with Gasteiger partial charge in [0.2, 0.25) is 0 Å². The molecule has 26 heavy (non-hydrogen) atoms. The Hall–Kier alpha value is -2.00. The van der Waals surface area contributed by atoms with E-state index in [2.05, 4.69) is 23.5 Å². The topological polar surface area (TPSA) is 33.6 Å². The van der Waals surface area contributed by atoms with Crippen molar-refractivity contribution in [3.8, 4) is 0 Å². The minimum atomic E-state index is 0.331. The standard InChI is InChI=1S/C22H31ClN2O/c1-6-7-10-18(3)22(13-23)26-16-17(2)14-24-15-19(4)20(5)25-21-11-8-9-12-21/h6-7,10,13-15,21,25H,2,5,8-9,11-12,16H2,1,3-4H3/b7-6-,18-10-,19-15+,22-13-,24-14?. The number of aliphatic imine (C=N–C) groups is 1. The van der Waals surface area contributed by atoms with Crippen molar-refractivity contribution in [1.82, 2.24) is 5.32 Å². The van der Waals surface area contributed by atoms with Crippen LogP contribution in [0, 0.1) is 0 Å². The molecule has 0 unspecified atom stereocenters. The molecule has 1 N–H and O–H groups in total. The number of rotatable bonds is 10. The van der Waals surface area contributed by atoms with Gasteiger partial charge in [0.15, 0.2) is 0 Å². The van der Waals surface area contributed by atoms with Crippen molar-refractivity contribution in [3.63, 3.8) is 0 Å². The Labute approximate surface area is 163 Å². The molecule has 0 bridgehead atoms. The fraction of sp³-hybridized carbons (Fsp3) is 0.409. The van der Waals surface area contributed by atoms with Gasteiger partial charge < -0.3 is 10.1 Å². The van der Waals surface area contributed by atoms with Gasteiger partial charge in [-0.2, -0.15) is 0 Å². The van der Waals surface area contributed by atoms with E-state index in [0.717, 1.165) is 22.4 Å². The molecule has 0 aromatic carbocycles. The minimum Gasteiger partial charge on any atom is -0.488 e. The summed E-state index contributed by atoms with van der Waals surface area (Å²) in [5.74, 6) is 0.625. The van der Waals surface area contributed by atoms with E-state index >= 15 is 0 Å². The first-order chi connectivity index (χ1) is 12.5. The largest absolute Gasteiger partial charge is 0.488 e. The summed E-state index contributed by atoms with van der Waals surface area (Å²) in [5, 5.41) is 3.48. The molecule has 0 aliphatic heterocycles. The second-order valence-electron chi connectivity index (χ2n) is 6.49. The summed E-state index contributed by atoms with van der Waals surface area (Å²) < 4.78 is 5.69. The Morgan fingerprint density at radius 3 is 2.54 bits per heavy atom. The van der Waals surface area contributed by atoms with E-state index in [1.165, 1.54) is 31.2 Å². The Morgan fingerprint density at radius 1 is 1.23 bits per heavy atom. The number of nitrogens with zero attached hydrogens (tertiary/aromatic N) is 1. The molecule has 1 aliphatic carbocycles. The second kappa shape index (κ2) is 12.4. The first-order valence-corrected chi connectivity index (χ1v) is 9.48. The third-order valence-corrected chi connectivity index (χ3v) is 4.37. The van der Waals surface area contributed by atoms with E-state index < -0.39 is 0 Å². The van der Waals surface area contributed by atoms with Crippen LogP contribution in [0.1, 0.15) is 46.5 Å². The average molecular weight is 375 g/mol. The van der Waals surface area contributed by atoms with Gasteiger partial charge in [0.05, 0.1) is 0 Å². The molecule has 0 atom stereocenters. The maximum atomic E-state index is 5.83. The normalized spacial score (nSPS) is 17.3. The molecule has 0 amide bonds. The monoisotopic (exact) mass is 374 g/mol. The molecule has 1 aliphatic rings. The number of ether oxygens (including phenoxy) is 1. The molecule has 4 heteroatoms. The first-order valence-electron chi connectivity index (χ1n) is 9.04. The lowest BCUT2D eigenvalue weighted by atomic mass is 10.2. The zero-order chi connectivity index (χ0) is 19.4. The highest BCUT2D eigenvalue weighted by Gasteiger charge is 2.14. The lowest BCUT2D eigenvalue weighted by Crippen LogP contribution is -2.25. The molecule has 0 heterocycles. The van der Waals surface area contributed by atoms with E-state index in [-0.39, 0.29) is 0 Å². The molecular formula is C22H31ClN2O. The molecule has 0 radical (unpaired) electrons. The van der Waals surface area contributed by atoms with Crippen LogP contribution in [0.5, 0.6) is 0 Å². The summed E-state index contributed by atoms with van der Waals surface area (Å²) in [6, 6.07) is 0.554.